The molecule has 0 saturated heterocycles. The van der Waals surface area contributed by atoms with Crippen LogP contribution in [0.5, 0.6) is 0 Å². The molecule has 6 nitrogen and oxygen atoms in total. The third-order valence-electron chi connectivity index (χ3n) is 3.10. The number of carbonyl (C=O) groups is 2. The minimum absolute atomic E-state index is 0.0111. The Labute approximate surface area is 133 Å². The quantitative estimate of drug-likeness (QED) is 0.815. The summed E-state index contributed by atoms with van der Waals surface area (Å²) in [4.78, 5) is 28.5. The number of imidazole rings is 1. The fraction of sp³-hybridized carbons (Fsp3) is 0.400. The highest BCUT2D eigenvalue weighted by molar-refractivity contribution is 7.10. The normalized spacial score (nSPS) is 13.4. The van der Waals surface area contributed by atoms with Gasteiger partial charge in [0.2, 0.25) is 11.8 Å². The Morgan fingerprint density at radius 3 is 2.82 bits per heavy atom. The summed E-state index contributed by atoms with van der Waals surface area (Å²) in [6.45, 7) is 4.06. The number of nitrogens with zero attached hydrogens (tertiary/aromatic N) is 2. The first-order valence-corrected chi connectivity index (χ1v) is 7.98. The molecular formula is C15H20N4O2S. The van der Waals surface area contributed by atoms with Crippen LogP contribution in [0.4, 0.5) is 0 Å². The van der Waals surface area contributed by atoms with E-state index >= 15 is 0 Å². The largest absolute Gasteiger partial charge is 0.352 e. The Morgan fingerprint density at radius 2 is 2.23 bits per heavy atom. The topological polar surface area (TPSA) is 76.0 Å². The van der Waals surface area contributed by atoms with Crippen molar-refractivity contribution >= 4 is 23.2 Å². The van der Waals surface area contributed by atoms with Gasteiger partial charge in [-0.25, -0.2) is 4.98 Å². The summed E-state index contributed by atoms with van der Waals surface area (Å²) in [6, 6.07) is 3.54. The second-order valence-corrected chi connectivity index (χ2v) is 6.18. The number of carbonyl (C=O) groups excluding carboxylic acids is 2. The molecule has 2 heterocycles. The van der Waals surface area contributed by atoms with Gasteiger partial charge in [0.05, 0.1) is 18.8 Å². The molecule has 2 N–H and O–H groups in total. The molecule has 0 unspecified atom stereocenters. The molecule has 2 aromatic heterocycles. The van der Waals surface area contributed by atoms with Gasteiger partial charge in [0.1, 0.15) is 0 Å². The lowest BCUT2D eigenvalue weighted by Gasteiger charge is -2.19. The number of nitrogens with one attached hydrogen (secondary N) is 2. The Morgan fingerprint density at radius 1 is 1.41 bits per heavy atom. The Hall–Kier alpha value is -2.15. The summed E-state index contributed by atoms with van der Waals surface area (Å²) < 4.78 is 1.91. The van der Waals surface area contributed by atoms with Crippen LogP contribution in [0, 0.1) is 0 Å². The second kappa shape index (κ2) is 7.74. The highest BCUT2D eigenvalue weighted by atomic mass is 32.1. The van der Waals surface area contributed by atoms with E-state index in [-0.39, 0.29) is 30.3 Å². The zero-order valence-electron chi connectivity index (χ0n) is 12.7. The lowest BCUT2D eigenvalue weighted by molar-refractivity contribution is -0.123. The minimum atomic E-state index is -0.280. The molecule has 2 amide bonds. The lowest BCUT2D eigenvalue weighted by atomic mass is 10.1. The van der Waals surface area contributed by atoms with Crippen LogP contribution >= 0.6 is 11.3 Å². The molecule has 2 aromatic rings. The predicted octanol–water partition coefficient (Wildman–Crippen LogP) is 1.72. The van der Waals surface area contributed by atoms with E-state index in [9.17, 15) is 9.59 Å². The van der Waals surface area contributed by atoms with Crippen molar-refractivity contribution in [2.24, 2.45) is 0 Å². The van der Waals surface area contributed by atoms with Gasteiger partial charge >= 0.3 is 0 Å². The van der Waals surface area contributed by atoms with Gasteiger partial charge in [-0.3, -0.25) is 9.59 Å². The van der Waals surface area contributed by atoms with Gasteiger partial charge < -0.3 is 15.2 Å². The molecule has 2 atom stereocenters. The van der Waals surface area contributed by atoms with Crippen molar-refractivity contribution in [1.82, 2.24) is 20.2 Å². The highest BCUT2D eigenvalue weighted by Gasteiger charge is 2.19. The predicted molar refractivity (Wildman–Crippen MR) is 85.3 cm³/mol. The summed E-state index contributed by atoms with van der Waals surface area (Å²) in [6.07, 6.45) is 5.51. The van der Waals surface area contributed by atoms with Gasteiger partial charge in [0, 0.05) is 36.8 Å². The van der Waals surface area contributed by atoms with Crippen molar-refractivity contribution in [3.63, 3.8) is 0 Å². The average molecular weight is 320 g/mol. The van der Waals surface area contributed by atoms with Crippen LogP contribution in [0.1, 0.15) is 31.2 Å². The molecule has 7 heteroatoms. The second-order valence-electron chi connectivity index (χ2n) is 5.20. The van der Waals surface area contributed by atoms with Crippen LogP contribution in [-0.4, -0.2) is 27.4 Å². The van der Waals surface area contributed by atoms with Gasteiger partial charge in [-0.15, -0.1) is 11.3 Å². The van der Waals surface area contributed by atoms with Crippen molar-refractivity contribution in [2.75, 3.05) is 0 Å². The van der Waals surface area contributed by atoms with E-state index in [1.165, 1.54) is 18.3 Å². The molecule has 0 radical (unpaired) electrons. The monoisotopic (exact) mass is 320 g/mol. The van der Waals surface area contributed by atoms with E-state index in [0.29, 0.717) is 6.54 Å². The van der Waals surface area contributed by atoms with Crippen molar-refractivity contribution < 1.29 is 9.59 Å². The Kier molecular flexibility index (Phi) is 5.71. The zero-order chi connectivity index (χ0) is 15.9. The maximum Gasteiger partial charge on any atom is 0.222 e. The van der Waals surface area contributed by atoms with Crippen LogP contribution < -0.4 is 10.6 Å². The molecular weight excluding hydrogens is 300 g/mol. The first-order valence-electron chi connectivity index (χ1n) is 7.10. The minimum Gasteiger partial charge on any atom is -0.352 e. The zero-order valence-corrected chi connectivity index (χ0v) is 13.5. The molecule has 0 aliphatic carbocycles. The summed E-state index contributed by atoms with van der Waals surface area (Å²) in [5.74, 6) is -0.225. The molecule has 0 aliphatic heterocycles. The molecule has 0 spiro atoms. The maximum absolute atomic E-state index is 12.2. The van der Waals surface area contributed by atoms with E-state index < -0.39 is 0 Å². The van der Waals surface area contributed by atoms with Crippen molar-refractivity contribution in [3.05, 3.63) is 41.1 Å². The molecule has 0 fully saturated rings. The Balaban J connectivity index is 1.89. The van der Waals surface area contributed by atoms with E-state index in [1.807, 2.05) is 35.2 Å². The lowest BCUT2D eigenvalue weighted by Crippen LogP contribution is -2.38. The maximum atomic E-state index is 12.2. The molecule has 2 rings (SSSR count). The van der Waals surface area contributed by atoms with E-state index in [2.05, 4.69) is 15.6 Å². The average Bonchev–Trinajstić information content (AvgIpc) is 3.09. The number of rotatable bonds is 7. The Bertz CT molecular complexity index is 595. The van der Waals surface area contributed by atoms with Gasteiger partial charge in [0.25, 0.3) is 0 Å². The molecule has 0 aromatic carbocycles. The van der Waals surface area contributed by atoms with E-state index in [4.69, 9.17) is 0 Å². The van der Waals surface area contributed by atoms with E-state index in [0.717, 1.165) is 4.88 Å². The van der Waals surface area contributed by atoms with Gasteiger partial charge in [-0.1, -0.05) is 6.07 Å². The van der Waals surface area contributed by atoms with Crippen LogP contribution in [0.3, 0.4) is 0 Å². The van der Waals surface area contributed by atoms with Crippen LogP contribution in [-0.2, 0) is 16.1 Å². The smallest absolute Gasteiger partial charge is 0.222 e. The van der Waals surface area contributed by atoms with E-state index in [1.54, 1.807) is 12.5 Å². The number of hydrogen-bond acceptors (Lipinski definition) is 4. The fourth-order valence-corrected chi connectivity index (χ4v) is 3.01. The summed E-state index contributed by atoms with van der Waals surface area (Å²) in [5.41, 5.74) is 0. The van der Waals surface area contributed by atoms with Gasteiger partial charge in [-0.2, -0.15) is 0 Å². The third-order valence-corrected chi connectivity index (χ3v) is 4.09. The molecule has 0 saturated carbocycles. The third kappa shape index (κ3) is 5.00. The SMILES string of the molecule is CC(=O)N[C@@H](CC(=O)N[C@@H](C)Cn1ccnc1)c1cccs1. The first-order chi connectivity index (χ1) is 10.5. The highest BCUT2D eigenvalue weighted by Crippen LogP contribution is 2.22. The number of thiophene rings is 1. The van der Waals surface area contributed by atoms with Crippen LogP contribution in [0.25, 0.3) is 0 Å². The van der Waals surface area contributed by atoms with Crippen molar-refractivity contribution in [2.45, 2.75) is 38.9 Å². The molecule has 118 valence electrons. The molecule has 22 heavy (non-hydrogen) atoms. The van der Waals surface area contributed by atoms with Gasteiger partial charge in [0.15, 0.2) is 0 Å². The summed E-state index contributed by atoms with van der Waals surface area (Å²) >= 11 is 1.53. The molecule has 0 bridgehead atoms. The van der Waals surface area contributed by atoms with Crippen molar-refractivity contribution in [3.8, 4) is 0 Å². The fourth-order valence-electron chi connectivity index (χ4n) is 2.23. The summed E-state index contributed by atoms with van der Waals surface area (Å²) in [7, 11) is 0. The number of hydrogen-bond donors (Lipinski definition) is 2. The summed E-state index contributed by atoms with van der Waals surface area (Å²) in [5, 5.41) is 7.71. The first kappa shape index (κ1) is 16.2. The standard InChI is InChI=1S/C15H20N4O2S/c1-11(9-19-6-5-16-10-19)17-15(21)8-13(18-12(2)20)14-4-3-7-22-14/h3-7,10-11,13H,8-9H2,1-2H3,(H,17,21)(H,18,20)/t11-,13-/m0/s1. The number of aromatic nitrogens is 2. The van der Waals surface area contributed by atoms with Crippen LogP contribution in [0.2, 0.25) is 0 Å². The van der Waals surface area contributed by atoms with Gasteiger partial charge in [-0.05, 0) is 18.4 Å². The van der Waals surface area contributed by atoms with Crippen LogP contribution in [0.15, 0.2) is 36.2 Å². The van der Waals surface area contributed by atoms with Crippen molar-refractivity contribution in [1.29, 1.82) is 0 Å². The molecule has 0 aliphatic rings. The number of amides is 2.